The van der Waals surface area contributed by atoms with Gasteiger partial charge < -0.3 is 19.5 Å². The number of nitrogens with one attached hydrogen (secondary N) is 1. The quantitative estimate of drug-likeness (QED) is 0.252. The Kier molecular flexibility index (Phi) is 10.5. The highest BCUT2D eigenvalue weighted by atomic mass is 32.2. The largest absolute Gasteiger partial charge is 0.465 e. The Morgan fingerprint density at radius 1 is 1.02 bits per heavy atom. The molecule has 0 saturated carbocycles. The van der Waals surface area contributed by atoms with Crippen LogP contribution in [-0.2, 0) is 30.7 Å². The van der Waals surface area contributed by atoms with Crippen LogP contribution >= 0.6 is 0 Å². The van der Waals surface area contributed by atoms with Gasteiger partial charge in [0.15, 0.2) is 16.1 Å². The van der Waals surface area contributed by atoms with Gasteiger partial charge in [-0.15, -0.1) is 0 Å². The third-order valence-corrected chi connectivity index (χ3v) is 9.89. The van der Waals surface area contributed by atoms with Crippen LogP contribution < -0.4 is 10.1 Å². The van der Waals surface area contributed by atoms with E-state index < -0.39 is 9.84 Å². The van der Waals surface area contributed by atoms with E-state index in [1.54, 1.807) is 18.2 Å². The molecule has 1 saturated heterocycles. The van der Waals surface area contributed by atoms with Crippen molar-refractivity contribution in [3.8, 4) is 16.9 Å². The summed E-state index contributed by atoms with van der Waals surface area (Å²) in [6.45, 7) is 6.97. The smallest absolute Gasteiger partial charge is 0.251 e. The number of sulfone groups is 1. The van der Waals surface area contributed by atoms with Crippen LogP contribution in [0.1, 0.15) is 50.7 Å². The van der Waals surface area contributed by atoms with Crippen molar-refractivity contribution < 1.29 is 27.4 Å². The van der Waals surface area contributed by atoms with E-state index in [0.29, 0.717) is 35.2 Å². The molecule has 234 valence electrons. The van der Waals surface area contributed by atoms with E-state index in [1.807, 2.05) is 68.4 Å². The molecular weight excluding hydrogens is 576 g/mol. The zero-order valence-electron chi connectivity index (χ0n) is 25.8. The fourth-order valence-corrected chi connectivity index (χ4v) is 7.06. The molecule has 5 rings (SSSR count). The summed E-state index contributed by atoms with van der Waals surface area (Å²) >= 11 is 0. The molecule has 2 aliphatic rings. The van der Waals surface area contributed by atoms with E-state index in [1.165, 1.54) is 0 Å². The van der Waals surface area contributed by atoms with Crippen molar-refractivity contribution in [1.29, 1.82) is 0 Å². The predicted molar refractivity (Wildman–Crippen MR) is 173 cm³/mol. The molecule has 0 spiro atoms. The van der Waals surface area contributed by atoms with Crippen molar-refractivity contribution in [2.45, 2.75) is 63.3 Å². The Balaban J connectivity index is 1.28. The summed E-state index contributed by atoms with van der Waals surface area (Å²) in [7, 11) is -1.41. The van der Waals surface area contributed by atoms with Crippen LogP contribution in [-0.4, -0.2) is 64.2 Å². The Bertz CT molecular complexity index is 1560. The molecule has 0 aliphatic carbocycles. The van der Waals surface area contributed by atoms with Gasteiger partial charge in [0.05, 0.1) is 17.3 Å². The number of ether oxygens (including phenoxy) is 3. The Morgan fingerprint density at radius 2 is 1.73 bits per heavy atom. The highest BCUT2D eigenvalue weighted by molar-refractivity contribution is 7.91. The van der Waals surface area contributed by atoms with E-state index in [2.05, 4.69) is 17.3 Å². The zero-order valence-corrected chi connectivity index (χ0v) is 26.6. The van der Waals surface area contributed by atoms with Crippen LogP contribution in [0.5, 0.6) is 5.75 Å². The summed E-state index contributed by atoms with van der Waals surface area (Å²) in [4.78, 5) is 15.9. The monoisotopic (exact) mass is 618 g/mol. The summed E-state index contributed by atoms with van der Waals surface area (Å²) in [6, 6.07) is 21.2. The molecule has 8 nitrogen and oxygen atoms in total. The van der Waals surface area contributed by atoms with Gasteiger partial charge >= 0.3 is 0 Å². The number of anilines is 1. The minimum atomic E-state index is -3.55. The van der Waals surface area contributed by atoms with Gasteiger partial charge in [-0.25, -0.2) is 8.42 Å². The average molecular weight is 619 g/mol. The van der Waals surface area contributed by atoms with Crippen LogP contribution in [0.4, 0.5) is 5.69 Å². The summed E-state index contributed by atoms with van der Waals surface area (Å²) in [6.07, 6.45) is 4.48. The third-order valence-electron chi connectivity index (χ3n) is 8.11. The van der Waals surface area contributed by atoms with Crippen molar-refractivity contribution in [2.24, 2.45) is 0 Å². The normalized spacial score (nSPS) is 17.3. The first-order valence-electron chi connectivity index (χ1n) is 15.4. The van der Waals surface area contributed by atoms with Crippen LogP contribution in [0.3, 0.4) is 0 Å². The number of rotatable bonds is 11. The van der Waals surface area contributed by atoms with Gasteiger partial charge in [-0.2, -0.15) is 0 Å². The molecule has 1 N–H and O–H groups in total. The number of carbonyl (C=O) groups is 1. The minimum Gasteiger partial charge on any atom is -0.465 e. The van der Waals surface area contributed by atoms with Crippen LogP contribution in [0.25, 0.3) is 17.2 Å². The highest BCUT2D eigenvalue weighted by Gasteiger charge is 2.25. The minimum absolute atomic E-state index is 0.125. The predicted octanol–water partition coefficient (Wildman–Crippen LogP) is 6.32. The van der Waals surface area contributed by atoms with E-state index >= 15 is 0 Å². The lowest BCUT2D eigenvalue weighted by atomic mass is 10.0. The summed E-state index contributed by atoms with van der Waals surface area (Å²) in [5.74, 6) is 0.264. The number of fused-ring (bicyclic) bond motifs is 1. The maximum absolute atomic E-state index is 13.3. The van der Waals surface area contributed by atoms with Gasteiger partial charge in [-0.3, -0.25) is 9.69 Å². The number of nitrogens with zero attached hydrogens (tertiary/aromatic N) is 1. The SMILES string of the molecule is CCCOC(C)Oc1ccc(-c2ccc3c(c2)C=C(C(=O)Nc2ccc(CN(C)C4CCOCC4)cc2)CCS3(=O)=O)cc1. The first kappa shape index (κ1) is 31.9. The number of benzene rings is 3. The zero-order chi connectivity index (χ0) is 31.1. The van der Waals surface area contributed by atoms with Crippen molar-refractivity contribution in [3.05, 3.63) is 83.4 Å². The van der Waals surface area contributed by atoms with E-state index in [-0.39, 0.29) is 29.3 Å². The van der Waals surface area contributed by atoms with Gasteiger partial charge in [0, 0.05) is 37.1 Å². The standard InChI is InChI=1S/C35H42N2O6S/c1-4-18-42-25(2)43-33-12-7-27(8-13-33)28-9-14-34-30(22-28)23-29(17-21-44(34,39)40)35(38)36-31-10-5-26(6-11-31)24-37(3)32-15-19-41-20-16-32/h5-14,22-23,25,32H,4,15-21,24H2,1-3H3,(H,36,38). The second-order valence-electron chi connectivity index (χ2n) is 11.5. The van der Waals surface area contributed by atoms with Crippen molar-refractivity contribution in [2.75, 3.05) is 37.9 Å². The average Bonchev–Trinajstić information content (AvgIpc) is 3.16. The third kappa shape index (κ3) is 8.15. The molecule has 1 amide bonds. The fraction of sp³-hybridized carbons (Fsp3) is 0.400. The van der Waals surface area contributed by atoms with Gasteiger partial charge in [-0.05, 0) is 104 Å². The first-order chi connectivity index (χ1) is 21.2. The summed E-state index contributed by atoms with van der Waals surface area (Å²) in [5.41, 5.74) is 4.53. The topological polar surface area (TPSA) is 94.2 Å². The number of hydrogen-bond acceptors (Lipinski definition) is 7. The van der Waals surface area contributed by atoms with Gasteiger partial charge in [0.2, 0.25) is 0 Å². The van der Waals surface area contributed by atoms with Gasteiger partial charge in [0.1, 0.15) is 5.75 Å². The molecule has 44 heavy (non-hydrogen) atoms. The molecule has 0 aromatic heterocycles. The molecule has 2 aliphatic heterocycles. The Labute approximate surface area is 260 Å². The van der Waals surface area contributed by atoms with E-state index in [0.717, 1.165) is 55.7 Å². The first-order valence-corrected chi connectivity index (χ1v) is 17.0. The van der Waals surface area contributed by atoms with Gasteiger partial charge in [0.25, 0.3) is 5.91 Å². The number of hydrogen-bond donors (Lipinski definition) is 1. The molecule has 2 heterocycles. The maximum Gasteiger partial charge on any atom is 0.251 e. The lowest BCUT2D eigenvalue weighted by Crippen LogP contribution is -2.36. The molecule has 1 unspecified atom stereocenters. The van der Waals surface area contributed by atoms with Gasteiger partial charge in [-0.1, -0.05) is 37.3 Å². The molecular formula is C35H42N2O6S. The molecule has 1 atom stereocenters. The lowest BCUT2D eigenvalue weighted by Gasteiger charge is -2.31. The fourth-order valence-electron chi connectivity index (χ4n) is 5.60. The molecule has 9 heteroatoms. The van der Waals surface area contributed by atoms with Crippen LogP contribution in [0, 0.1) is 0 Å². The van der Waals surface area contributed by atoms with Crippen LogP contribution in [0.2, 0.25) is 0 Å². The molecule has 1 fully saturated rings. The molecule has 0 bridgehead atoms. The Hall–Kier alpha value is -3.50. The molecule has 3 aromatic rings. The van der Waals surface area contributed by atoms with Crippen molar-refractivity contribution >= 4 is 27.5 Å². The molecule has 3 aromatic carbocycles. The van der Waals surface area contributed by atoms with Crippen LogP contribution in [0.15, 0.2) is 77.2 Å². The Morgan fingerprint density at radius 3 is 2.43 bits per heavy atom. The van der Waals surface area contributed by atoms with E-state index in [9.17, 15) is 13.2 Å². The lowest BCUT2D eigenvalue weighted by molar-refractivity contribution is -0.112. The summed E-state index contributed by atoms with van der Waals surface area (Å²) in [5, 5.41) is 2.97. The summed E-state index contributed by atoms with van der Waals surface area (Å²) < 4.78 is 43.1. The van der Waals surface area contributed by atoms with E-state index in [4.69, 9.17) is 14.2 Å². The second kappa shape index (κ2) is 14.5. The van der Waals surface area contributed by atoms with Crippen molar-refractivity contribution in [3.63, 3.8) is 0 Å². The van der Waals surface area contributed by atoms with Crippen molar-refractivity contribution in [1.82, 2.24) is 4.90 Å². The molecule has 0 radical (unpaired) electrons. The highest BCUT2D eigenvalue weighted by Crippen LogP contribution is 2.32. The number of amides is 1. The number of carbonyl (C=O) groups excluding carboxylic acids is 1. The maximum atomic E-state index is 13.3. The second-order valence-corrected chi connectivity index (χ2v) is 13.6.